The molecule has 1 aliphatic rings. The van der Waals surface area contributed by atoms with Crippen molar-refractivity contribution in [2.75, 3.05) is 6.61 Å². The minimum Gasteiger partial charge on any atom is -0.396 e. The largest absolute Gasteiger partial charge is 0.396 e. The van der Waals surface area contributed by atoms with Gasteiger partial charge in [-0.15, -0.1) is 13.2 Å². The van der Waals surface area contributed by atoms with E-state index in [9.17, 15) is 5.11 Å². The number of ether oxygens (including phenoxy) is 3. The first-order valence-corrected chi connectivity index (χ1v) is 7.88. The highest BCUT2D eigenvalue weighted by molar-refractivity contribution is 5.13. The Hall–Kier alpha value is -1.46. The zero-order chi connectivity index (χ0) is 16.9. The van der Waals surface area contributed by atoms with E-state index in [1.807, 2.05) is 44.2 Å². The van der Waals surface area contributed by atoms with Crippen molar-refractivity contribution in [3.8, 4) is 0 Å². The smallest absolute Gasteiger partial charge is 0.164 e. The van der Waals surface area contributed by atoms with Crippen LogP contribution in [-0.2, 0) is 20.8 Å². The second-order valence-electron chi connectivity index (χ2n) is 6.14. The molecule has 1 fully saturated rings. The van der Waals surface area contributed by atoms with E-state index in [0.717, 1.165) is 5.56 Å². The third kappa shape index (κ3) is 4.52. The van der Waals surface area contributed by atoms with E-state index in [-0.39, 0.29) is 30.8 Å². The second kappa shape index (κ2) is 7.88. The highest BCUT2D eigenvalue weighted by Gasteiger charge is 2.46. The monoisotopic (exact) mass is 318 g/mol. The predicted octanol–water partition coefficient (Wildman–Crippen LogP) is 3.07. The van der Waals surface area contributed by atoms with Gasteiger partial charge in [0.2, 0.25) is 0 Å². The normalized spacial score (nSPS) is 25.7. The number of hydrogen-bond donors (Lipinski definition) is 1. The van der Waals surface area contributed by atoms with Gasteiger partial charge in [0.25, 0.3) is 0 Å². The molecule has 0 bridgehead atoms. The standard InChI is InChI=1S/C19H26O4/c1-5-15(12-20)17(21-13-14-10-8-7-9-11-14)18-16(6-2)22-19(3,4)23-18/h5-11,15-18,20H,1-2,12-13H2,3-4H3/t15-,16-,17-,18-/m0/s1. The zero-order valence-electron chi connectivity index (χ0n) is 13.9. The van der Waals surface area contributed by atoms with Gasteiger partial charge in [0.1, 0.15) is 12.2 Å². The summed E-state index contributed by atoms with van der Waals surface area (Å²) in [5.74, 6) is -0.956. The lowest BCUT2D eigenvalue weighted by Crippen LogP contribution is -2.42. The number of hydrogen-bond acceptors (Lipinski definition) is 4. The van der Waals surface area contributed by atoms with E-state index in [4.69, 9.17) is 14.2 Å². The Bertz CT molecular complexity index is 511. The van der Waals surface area contributed by atoms with Gasteiger partial charge >= 0.3 is 0 Å². The summed E-state index contributed by atoms with van der Waals surface area (Å²) in [6.07, 6.45) is 2.41. The molecule has 1 aromatic carbocycles. The summed E-state index contributed by atoms with van der Waals surface area (Å²) in [4.78, 5) is 0. The molecule has 4 atom stereocenters. The summed E-state index contributed by atoms with van der Waals surface area (Å²) >= 11 is 0. The molecule has 0 spiro atoms. The zero-order valence-corrected chi connectivity index (χ0v) is 13.9. The fourth-order valence-corrected chi connectivity index (χ4v) is 2.79. The average molecular weight is 318 g/mol. The van der Waals surface area contributed by atoms with Crippen LogP contribution in [0.25, 0.3) is 0 Å². The highest BCUT2D eigenvalue weighted by Crippen LogP contribution is 2.34. The quantitative estimate of drug-likeness (QED) is 0.748. The Balaban J connectivity index is 2.16. The fourth-order valence-electron chi connectivity index (χ4n) is 2.79. The van der Waals surface area contributed by atoms with Gasteiger partial charge in [0, 0.05) is 5.92 Å². The molecule has 4 heteroatoms. The van der Waals surface area contributed by atoms with Crippen LogP contribution in [0.5, 0.6) is 0 Å². The van der Waals surface area contributed by atoms with E-state index in [1.165, 1.54) is 0 Å². The Kier molecular flexibility index (Phi) is 6.13. The highest BCUT2D eigenvalue weighted by atomic mass is 16.8. The molecule has 0 radical (unpaired) electrons. The topological polar surface area (TPSA) is 47.9 Å². The summed E-state index contributed by atoms with van der Waals surface area (Å²) in [5.41, 5.74) is 1.06. The van der Waals surface area contributed by atoms with Crippen LogP contribution in [0.3, 0.4) is 0 Å². The van der Waals surface area contributed by atoms with E-state index >= 15 is 0 Å². The lowest BCUT2D eigenvalue weighted by molar-refractivity contribution is -0.164. The number of aliphatic hydroxyl groups excluding tert-OH is 1. The molecule has 23 heavy (non-hydrogen) atoms. The molecule has 1 saturated heterocycles. The second-order valence-corrected chi connectivity index (χ2v) is 6.14. The fraction of sp³-hybridized carbons (Fsp3) is 0.474. The Morgan fingerprint density at radius 1 is 1.26 bits per heavy atom. The molecule has 2 rings (SSSR count). The van der Waals surface area contributed by atoms with Crippen LogP contribution < -0.4 is 0 Å². The van der Waals surface area contributed by atoms with Crippen molar-refractivity contribution in [1.29, 1.82) is 0 Å². The summed E-state index contributed by atoms with van der Waals surface area (Å²) in [7, 11) is 0. The van der Waals surface area contributed by atoms with Crippen molar-refractivity contribution in [3.05, 3.63) is 61.2 Å². The molecule has 126 valence electrons. The van der Waals surface area contributed by atoms with Gasteiger partial charge in [-0.05, 0) is 19.4 Å². The number of benzene rings is 1. The van der Waals surface area contributed by atoms with E-state index in [1.54, 1.807) is 12.2 Å². The molecule has 1 heterocycles. The van der Waals surface area contributed by atoms with Crippen LogP contribution in [-0.4, -0.2) is 35.8 Å². The molecule has 0 amide bonds. The minimum atomic E-state index is -0.709. The first-order chi connectivity index (χ1) is 11.0. The lowest BCUT2D eigenvalue weighted by Gasteiger charge is -2.30. The third-order valence-electron chi connectivity index (χ3n) is 3.94. The maximum atomic E-state index is 9.67. The van der Waals surface area contributed by atoms with Crippen LogP contribution in [0, 0.1) is 5.92 Å². The molecule has 1 aromatic rings. The molecular weight excluding hydrogens is 292 g/mol. The maximum Gasteiger partial charge on any atom is 0.164 e. The van der Waals surface area contributed by atoms with Crippen LogP contribution in [0.2, 0.25) is 0 Å². The summed E-state index contributed by atoms with van der Waals surface area (Å²) in [6.45, 7) is 11.7. The van der Waals surface area contributed by atoms with E-state index in [0.29, 0.717) is 6.61 Å². The summed E-state index contributed by atoms with van der Waals surface area (Å²) in [5, 5.41) is 9.67. The molecule has 0 aliphatic carbocycles. The molecular formula is C19H26O4. The van der Waals surface area contributed by atoms with Crippen LogP contribution >= 0.6 is 0 Å². The van der Waals surface area contributed by atoms with Gasteiger partial charge in [-0.25, -0.2) is 0 Å². The molecule has 0 unspecified atom stereocenters. The maximum absolute atomic E-state index is 9.67. The predicted molar refractivity (Wildman–Crippen MR) is 89.8 cm³/mol. The van der Waals surface area contributed by atoms with Crippen LogP contribution in [0.15, 0.2) is 55.6 Å². The molecule has 0 saturated carbocycles. The van der Waals surface area contributed by atoms with E-state index in [2.05, 4.69) is 13.2 Å². The first kappa shape index (κ1) is 17.9. The van der Waals surface area contributed by atoms with Crippen molar-refractivity contribution in [3.63, 3.8) is 0 Å². The first-order valence-electron chi connectivity index (χ1n) is 7.88. The van der Waals surface area contributed by atoms with Gasteiger partial charge in [0.15, 0.2) is 5.79 Å². The minimum absolute atomic E-state index is 0.0624. The summed E-state index contributed by atoms with van der Waals surface area (Å²) < 4.78 is 18.0. The number of rotatable bonds is 8. The molecule has 1 N–H and O–H groups in total. The van der Waals surface area contributed by atoms with Crippen molar-refractivity contribution >= 4 is 0 Å². The Morgan fingerprint density at radius 3 is 2.52 bits per heavy atom. The van der Waals surface area contributed by atoms with Crippen molar-refractivity contribution in [2.24, 2.45) is 5.92 Å². The van der Waals surface area contributed by atoms with Gasteiger partial charge in [0.05, 0.1) is 19.3 Å². The van der Waals surface area contributed by atoms with Crippen molar-refractivity contribution in [1.82, 2.24) is 0 Å². The molecule has 0 aromatic heterocycles. The van der Waals surface area contributed by atoms with Crippen molar-refractivity contribution < 1.29 is 19.3 Å². The van der Waals surface area contributed by atoms with Crippen LogP contribution in [0.4, 0.5) is 0 Å². The van der Waals surface area contributed by atoms with Gasteiger partial charge in [-0.1, -0.05) is 42.5 Å². The Morgan fingerprint density at radius 2 is 1.96 bits per heavy atom. The van der Waals surface area contributed by atoms with Crippen LogP contribution in [0.1, 0.15) is 19.4 Å². The Labute approximate surface area is 138 Å². The van der Waals surface area contributed by atoms with Gasteiger partial charge in [-0.3, -0.25) is 0 Å². The lowest BCUT2D eigenvalue weighted by atomic mass is 9.95. The molecule has 4 nitrogen and oxygen atoms in total. The van der Waals surface area contributed by atoms with E-state index < -0.39 is 5.79 Å². The van der Waals surface area contributed by atoms with Gasteiger partial charge < -0.3 is 19.3 Å². The third-order valence-corrected chi connectivity index (χ3v) is 3.94. The SMILES string of the molecule is C=C[C@@H]1OC(C)(C)O[C@@H]1[C@@H](OCc1ccccc1)[C@@H](C=C)CO. The average Bonchev–Trinajstić information content (AvgIpc) is 2.87. The summed E-state index contributed by atoms with van der Waals surface area (Å²) in [6, 6.07) is 9.90. The van der Waals surface area contributed by atoms with Crippen molar-refractivity contribution in [2.45, 2.75) is 44.6 Å². The molecule has 1 aliphatic heterocycles. The van der Waals surface area contributed by atoms with Gasteiger partial charge in [-0.2, -0.15) is 0 Å². The number of aliphatic hydroxyl groups is 1.